The van der Waals surface area contributed by atoms with E-state index in [0.29, 0.717) is 6.61 Å². The highest BCUT2D eigenvalue weighted by Crippen LogP contribution is 2.05. The second-order valence-electron chi connectivity index (χ2n) is 4.58. The van der Waals surface area contributed by atoms with Gasteiger partial charge in [0.1, 0.15) is 6.61 Å². The molecule has 0 fully saturated rings. The molecule has 0 aliphatic heterocycles. The lowest BCUT2D eigenvalue weighted by molar-refractivity contribution is -0.122. The SMILES string of the molecule is NC(=O)COCCc1ccc(C#Cc2ccccc2)cc1. The van der Waals surface area contributed by atoms with Gasteiger partial charge in [0.2, 0.25) is 5.91 Å². The minimum Gasteiger partial charge on any atom is -0.371 e. The lowest BCUT2D eigenvalue weighted by Gasteiger charge is -2.02. The fourth-order valence-corrected chi connectivity index (χ4v) is 1.78. The second kappa shape index (κ2) is 7.88. The molecule has 0 aliphatic carbocycles. The monoisotopic (exact) mass is 279 g/mol. The smallest absolute Gasteiger partial charge is 0.243 e. The minimum atomic E-state index is -0.443. The molecule has 2 aromatic rings. The number of hydrogen-bond acceptors (Lipinski definition) is 2. The van der Waals surface area contributed by atoms with Gasteiger partial charge < -0.3 is 10.5 Å². The number of carbonyl (C=O) groups is 1. The van der Waals surface area contributed by atoms with Crippen molar-refractivity contribution in [3.8, 4) is 11.8 Å². The summed E-state index contributed by atoms with van der Waals surface area (Å²) in [5.41, 5.74) is 8.11. The Kier molecular flexibility index (Phi) is 5.57. The molecule has 106 valence electrons. The first kappa shape index (κ1) is 14.8. The first-order valence-corrected chi connectivity index (χ1v) is 6.76. The first-order valence-electron chi connectivity index (χ1n) is 6.76. The molecule has 21 heavy (non-hydrogen) atoms. The molecule has 2 N–H and O–H groups in total. The maximum absolute atomic E-state index is 10.5. The van der Waals surface area contributed by atoms with Crippen LogP contribution in [0.4, 0.5) is 0 Å². The van der Waals surface area contributed by atoms with E-state index >= 15 is 0 Å². The molecule has 1 amide bonds. The highest BCUT2D eigenvalue weighted by molar-refractivity contribution is 5.74. The molecule has 2 rings (SSSR count). The van der Waals surface area contributed by atoms with E-state index < -0.39 is 5.91 Å². The summed E-state index contributed by atoms with van der Waals surface area (Å²) in [6.07, 6.45) is 0.750. The van der Waals surface area contributed by atoms with Gasteiger partial charge in [-0.2, -0.15) is 0 Å². The van der Waals surface area contributed by atoms with Gasteiger partial charge in [-0.15, -0.1) is 0 Å². The average Bonchev–Trinajstić information content (AvgIpc) is 2.51. The normalized spacial score (nSPS) is 9.71. The van der Waals surface area contributed by atoms with Gasteiger partial charge in [-0.05, 0) is 36.2 Å². The van der Waals surface area contributed by atoms with Gasteiger partial charge in [-0.1, -0.05) is 42.2 Å². The third-order valence-corrected chi connectivity index (χ3v) is 2.86. The molecule has 2 aromatic carbocycles. The van der Waals surface area contributed by atoms with Crippen LogP contribution in [0, 0.1) is 11.8 Å². The maximum atomic E-state index is 10.5. The summed E-state index contributed by atoms with van der Waals surface area (Å²) < 4.78 is 5.13. The highest BCUT2D eigenvalue weighted by Gasteiger charge is 1.96. The molecular weight excluding hydrogens is 262 g/mol. The van der Waals surface area contributed by atoms with Crippen LogP contribution in [0.2, 0.25) is 0 Å². The molecule has 0 aromatic heterocycles. The predicted octanol–water partition coefficient (Wildman–Crippen LogP) is 2.13. The Balaban J connectivity index is 1.88. The van der Waals surface area contributed by atoms with E-state index in [-0.39, 0.29) is 6.61 Å². The van der Waals surface area contributed by atoms with Gasteiger partial charge in [0.25, 0.3) is 0 Å². The summed E-state index contributed by atoms with van der Waals surface area (Å²) in [5, 5.41) is 0. The topological polar surface area (TPSA) is 52.3 Å². The van der Waals surface area contributed by atoms with E-state index in [4.69, 9.17) is 10.5 Å². The Morgan fingerprint density at radius 2 is 1.57 bits per heavy atom. The van der Waals surface area contributed by atoms with Crippen molar-refractivity contribution in [3.63, 3.8) is 0 Å². The molecule has 0 unspecified atom stereocenters. The molecule has 3 heteroatoms. The van der Waals surface area contributed by atoms with Crippen LogP contribution in [0.5, 0.6) is 0 Å². The van der Waals surface area contributed by atoms with Crippen molar-refractivity contribution in [2.75, 3.05) is 13.2 Å². The number of benzene rings is 2. The van der Waals surface area contributed by atoms with Crippen LogP contribution in [0.3, 0.4) is 0 Å². The number of primary amides is 1. The van der Waals surface area contributed by atoms with Crippen molar-refractivity contribution >= 4 is 5.91 Å². The van der Waals surface area contributed by atoms with Gasteiger partial charge in [0, 0.05) is 11.1 Å². The van der Waals surface area contributed by atoms with Crippen molar-refractivity contribution in [1.82, 2.24) is 0 Å². The summed E-state index contributed by atoms with van der Waals surface area (Å²) in [5.74, 6) is 5.80. The van der Waals surface area contributed by atoms with Gasteiger partial charge in [0.05, 0.1) is 6.61 Å². The van der Waals surface area contributed by atoms with Crippen LogP contribution < -0.4 is 5.73 Å². The summed E-state index contributed by atoms with van der Waals surface area (Å²) in [7, 11) is 0. The zero-order valence-corrected chi connectivity index (χ0v) is 11.7. The lowest BCUT2D eigenvalue weighted by Crippen LogP contribution is -2.18. The second-order valence-corrected chi connectivity index (χ2v) is 4.58. The quantitative estimate of drug-likeness (QED) is 0.673. The van der Waals surface area contributed by atoms with Gasteiger partial charge in [0.15, 0.2) is 0 Å². The summed E-state index contributed by atoms with van der Waals surface area (Å²) in [6.45, 7) is 0.457. The van der Waals surface area contributed by atoms with Crippen molar-refractivity contribution in [2.45, 2.75) is 6.42 Å². The van der Waals surface area contributed by atoms with Gasteiger partial charge >= 0.3 is 0 Å². The van der Waals surface area contributed by atoms with Gasteiger partial charge in [-0.25, -0.2) is 0 Å². The third kappa shape index (κ3) is 5.52. The van der Waals surface area contributed by atoms with E-state index in [1.807, 2.05) is 54.6 Å². The summed E-state index contributed by atoms with van der Waals surface area (Å²) in [6, 6.07) is 17.9. The van der Waals surface area contributed by atoms with Crippen LogP contribution >= 0.6 is 0 Å². The minimum absolute atomic E-state index is 0.0271. The first-order chi connectivity index (χ1) is 10.2. The molecule has 0 radical (unpaired) electrons. The van der Waals surface area contributed by atoms with E-state index in [0.717, 1.165) is 23.1 Å². The fourth-order valence-electron chi connectivity index (χ4n) is 1.78. The summed E-state index contributed by atoms with van der Waals surface area (Å²) in [4.78, 5) is 10.5. The van der Waals surface area contributed by atoms with Crippen LogP contribution in [0.25, 0.3) is 0 Å². The Morgan fingerprint density at radius 3 is 2.19 bits per heavy atom. The van der Waals surface area contributed by atoms with E-state index in [1.54, 1.807) is 0 Å². The molecule has 3 nitrogen and oxygen atoms in total. The number of nitrogens with two attached hydrogens (primary N) is 1. The number of rotatable bonds is 5. The molecular formula is C18H17NO2. The Hall–Kier alpha value is -2.57. The molecule has 0 bridgehead atoms. The molecule has 0 spiro atoms. The lowest BCUT2D eigenvalue weighted by atomic mass is 10.1. The van der Waals surface area contributed by atoms with E-state index in [2.05, 4.69) is 11.8 Å². The Morgan fingerprint density at radius 1 is 0.952 bits per heavy atom. The van der Waals surface area contributed by atoms with Crippen LogP contribution in [0.15, 0.2) is 54.6 Å². The van der Waals surface area contributed by atoms with E-state index in [9.17, 15) is 4.79 Å². The summed E-state index contributed by atoms with van der Waals surface area (Å²) >= 11 is 0. The van der Waals surface area contributed by atoms with Gasteiger partial charge in [-0.3, -0.25) is 4.79 Å². The van der Waals surface area contributed by atoms with Crippen LogP contribution in [0.1, 0.15) is 16.7 Å². The standard InChI is InChI=1S/C18H17NO2/c19-18(20)14-21-13-12-17-10-8-16(9-11-17)7-6-15-4-2-1-3-5-15/h1-5,8-11H,12-14H2,(H2,19,20). The Labute approximate surface area is 124 Å². The molecule has 0 saturated carbocycles. The predicted molar refractivity (Wildman–Crippen MR) is 82.6 cm³/mol. The molecule has 0 atom stereocenters. The van der Waals surface area contributed by atoms with Crippen molar-refractivity contribution in [1.29, 1.82) is 0 Å². The van der Waals surface area contributed by atoms with Crippen molar-refractivity contribution in [2.24, 2.45) is 5.73 Å². The molecule has 0 aliphatic rings. The molecule has 0 saturated heterocycles. The van der Waals surface area contributed by atoms with Crippen LogP contribution in [-0.2, 0) is 16.0 Å². The average molecular weight is 279 g/mol. The number of amides is 1. The largest absolute Gasteiger partial charge is 0.371 e. The van der Waals surface area contributed by atoms with Crippen molar-refractivity contribution in [3.05, 3.63) is 71.3 Å². The fraction of sp³-hybridized carbons (Fsp3) is 0.167. The van der Waals surface area contributed by atoms with E-state index in [1.165, 1.54) is 0 Å². The number of carbonyl (C=O) groups excluding carboxylic acids is 1. The maximum Gasteiger partial charge on any atom is 0.243 e. The zero-order valence-electron chi connectivity index (χ0n) is 11.7. The number of hydrogen-bond donors (Lipinski definition) is 1. The molecule has 0 heterocycles. The van der Waals surface area contributed by atoms with Crippen LogP contribution in [-0.4, -0.2) is 19.1 Å². The highest BCUT2D eigenvalue weighted by atomic mass is 16.5. The Bertz CT molecular complexity index is 636. The number of ether oxygens (including phenoxy) is 1. The third-order valence-electron chi connectivity index (χ3n) is 2.86. The van der Waals surface area contributed by atoms with Crippen molar-refractivity contribution < 1.29 is 9.53 Å². The zero-order chi connectivity index (χ0) is 14.9.